The molecule has 3 aromatic carbocycles. The molecule has 0 atom stereocenters. The summed E-state index contributed by atoms with van der Waals surface area (Å²) in [6, 6.07) is 20.7. The van der Waals surface area contributed by atoms with E-state index < -0.39 is 5.91 Å². The fraction of sp³-hybridized carbons (Fsp3) is 0.161. The molecule has 1 amide bonds. The molecule has 0 saturated heterocycles. The van der Waals surface area contributed by atoms with Crippen molar-refractivity contribution in [1.29, 1.82) is 0 Å². The highest BCUT2D eigenvalue weighted by atomic mass is 35.5. The molecule has 0 heterocycles. The van der Waals surface area contributed by atoms with E-state index in [1.165, 1.54) is 23.4 Å². The first kappa shape index (κ1) is 30.0. The van der Waals surface area contributed by atoms with Crippen LogP contribution in [0.2, 0.25) is 5.02 Å². The Kier molecular flexibility index (Phi) is 11.4. The van der Waals surface area contributed by atoms with Gasteiger partial charge in [-0.25, -0.2) is 5.01 Å². The standard InChI is InChI=1S/C24H27N5O2.C7H5ClO/c1-27-20-8-7-18-5-6-19(12-13-25)24(22(18)16-20)29(28-14-15-30)21-9-2-17(3-10-21)4-11-23(26)31;8-7-4-2-1-3-6(7)5-9/h2-4,7-11,14-16,27H,5-6,12-13,25H2,1H3,(H2,26,31);1-5H/b11-4+,28-14+;. The lowest BCUT2D eigenvalue weighted by molar-refractivity contribution is -0.113. The molecule has 1 aliphatic carbocycles. The molecule has 0 saturated carbocycles. The lowest BCUT2D eigenvalue weighted by Gasteiger charge is -2.31. The number of fused-ring (bicyclic) bond motifs is 1. The van der Waals surface area contributed by atoms with Gasteiger partial charge in [0.25, 0.3) is 0 Å². The maximum atomic E-state index is 11.1. The number of carbonyl (C=O) groups is 3. The van der Waals surface area contributed by atoms with Crippen LogP contribution in [0, 0.1) is 0 Å². The van der Waals surface area contributed by atoms with Gasteiger partial charge in [0, 0.05) is 29.9 Å². The van der Waals surface area contributed by atoms with Crippen LogP contribution >= 0.6 is 11.6 Å². The highest BCUT2D eigenvalue weighted by Gasteiger charge is 2.25. The number of nitrogens with one attached hydrogen (secondary N) is 1. The number of nitrogens with two attached hydrogens (primary N) is 2. The monoisotopic (exact) mass is 557 g/mol. The van der Waals surface area contributed by atoms with Crippen molar-refractivity contribution in [2.24, 2.45) is 16.6 Å². The van der Waals surface area contributed by atoms with Crippen LogP contribution in [0.5, 0.6) is 0 Å². The second kappa shape index (κ2) is 15.2. The molecule has 1 aliphatic rings. The first-order valence-corrected chi connectivity index (χ1v) is 13.1. The number of aldehydes is 2. The van der Waals surface area contributed by atoms with Crippen LogP contribution in [0.25, 0.3) is 11.8 Å². The topological polar surface area (TPSA) is 131 Å². The van der Waals surface area contributed by atoms with Crippen molar-refractivity contribution < 1.29 is 14.4 Å². The highest BCUT2D eigenvalue weighted by molar-refractivity contribution is 6.32. The molecule has 5 N–H and O–H groups in total. The highest BCUT2D eigenvalue weighted by Crippen LogP contribution is 2.39. The molecule has 0 spiro atoms. The summed E-state index contributed by atoms with van der Waals surface area (Å²) in [5.41, 5.74) is 18.7. The van der Waals surface area contributed by atoms with Crippen molar-refractivity contribution in [2.75, 3.05) is 23.9 Å². The third-order valence-corrected chi connectivity index (χ3v) is 6.54. The number of aryl methyl sites for hydroxylation is 1. The normalized spacial score (nSPS) is 12.5. The van der Waals surface area contributed by atoms with E-state index >= 15 is 0 Å². The van der Waals surface area contributed by atoms with E-state index in [1.54, 1.807) is 35.4 Å². The largest absolute Gasteiger partial charge is 0.388 e. The van der Waals surface area contributed by atoms with Crippen LogP contribution in [-0.2, 0) is 16.0 Å². The minimum atomic E-state index is -0.503. The van der Waals surface area contributed by atoms with E-state index in [4.69, 9.17) is 23.1 Å². The van der Waals surface area contributed by atoms with Gasteiger partial charge in [-0.05, 0) is 78.9 Å². The zero-order valence-electron chi connectivity index (χ0n) is 22.2. The molecular weight excluding hydrogens is 526 g/mol. The average molecular weight is 558 g/mol. The number of primary amides is 1. The number of hydrogen-bond acceptors (Lipinski definition) is 7. The summed E-state index contributed by atoms with van der Waals surface area (Å²) in [5, 5.41) is 9.94. The first-order valence-electron chi connectivity index (χ1n) is 12.7. The van der Waals surface area contributed by atoms with Gasteiger partial charge < -0.3 is 16.8 Å². The van der Waals surface area contributed by atoms with Gasteiger partial charge >= 0.3 is 0 Å². The number of hydrazone groups is 1. The summed E-state index contributed by atoms with van der Waals surface area (Å²) < 4.78 is 0. The third kappa shape index (κ3) is 7.99. The molecule has 206 valence electrons. The quantitative estimate of drug-likeness (QED) is 0.138. The zero-order valence-corrected chi connectivity index (χ0v) is 23.0. The smallest absolute Gasteiger partial charge is 0.241 e. The predicted octanol–water partition coefficient (Wildman–Crippen LogP) is 5.08. The van der Waals surface area contributed by atoms with Crippen LogP contribution in [-0.4, -0.2) is 38.3 Å². The number of halogens is 1. The predicted molar refractivity (Wildman–Crippen MR) is 163 cm³/mol. The summed E-state index contributed by atoms with van der Waals surface area (Å²) in [7, 11) is 1.88. The fourth-order valence-corrected chi connectivity index (χ4v) is 4.45. The molecule has 40 heavy (non-hydrogen) atoms. The SMILES string of the molecule is CNc1ccc2c(c1)C(N(/N=C/C=O)c1ccc(/C=C/C(N)=O)cc1)=C(CCN)CC2.O=Cc1ccccc1Cl. The minimum absolute atomic E-state index is 0.503. The van der Waals surface area contributed by atoms with Gasteiger partial charge in [-0.15, -0.1) is 0 Å². The van der Waals surface area contributed by atoms with Crippen LogP contribution in [0.15, 0.2) is 83.5 Å². The van der Waals surface area contributed by atoms with Crippen molar-refractivity contribution >= 4 is 59.4 Å². The molecule has 9 heteroatoms. The van der Waals surface area contributed by atoms with Gasteiger partial charge in [0.1, 0.15) is 0 Å². The third-order valence-electron chi connectivity index (χ3n) is 6.20. The Labute approximate surface area is 239 Å². The lowest BCUT2D eigenvalue weighted by atomic mass is 9.87. The molecule has 3 aromatic rings. The van der Waals surface area contributed by atoms with Crippen molar-refractivity contribution in [1.82, 2.24) is 0 Å². The van der Waals surface area contributed by atoms with E-state index in [0.29, 0.717) is 23.4 Å². The molecule has 0 aromatic heterocycles. The lowest BCUT2D eigenvalue weighted by Crippen LogP contribution is -2.22. The average Bonchev–Trinajstić information content (AvgIpc) is 2.98. The summed E-state index contributed by atoms with van der Waals surface area (Å²) in [5.74, 6) is -0.503. The molecule has 0 unspecified atom stereocenters. The van der Waals surface area contributed by atoms with Crippen LogP contribution < -0.4 is 21.8 Å². The number of hydrogen-bond donors (Lipinski definition) is 3. The van der Waals surface area contributed by atoms with E-state index in [0.717, 1.165) is 53.7 Å². The minimum Gasteiger partial charge on any atom is -0.388 e. The van der Waals surface area contributed by atoms with E-state index in [1.807, 2.05) is 31.3 Å². The summed E-state index contributed by atoms with van der Waals surface area (Å²) in [6.45, 7) is 0.530. The van der Waals surface area contributed by atoms with Crippen molar-refractivity contribution in [3.05, 3.63) is 106 Å². The Hall–Kier alpha value is -4.53. The Balaban J connectivity index is 0.000000415. The van der Waals surface area contributed by atoms with Crippen LogP contribution in [0.3, 0.4) is 0 Å². The number of nitrogens with zero attached hydrogens (tertiary/aromatic N) is 2. The van der Waals surface area contributed by atoms with E-state index in [9.17, 15) is 14.4 Å². The summed E-state index contributed by atoms with van der Waals surface area (Å²) in [4.78, 5) is 32.2. The van der Waals surface area contributed by atoms with Crippen LogP contribution in [0.1, 0.15) is 39.9 Å². The number of carbonyl (C=O) groups excluding carboxylic acids is 3. The summed E-state index contributed by atoms with van der Waals surface area (Å²) in [6.07, 6.45) is 8.16. The molecular formula is C31H32ClN5O3. The Morgan fingerprint density at radius 2 is 1.82 bits per heavy atom. The van der Waals surface area contributed by atoms with Gasteiger partial charge in [-0.2, -0.15) is 5.10 Å². The van der Waals surface area contributed by atoms with Crippen LogP contribution in [0.4, 0.5) is 11.4 Å². The maximum absolute atomic E-state index is 11.1. The van der Waals surface area contributed by atoms with Crippen molar-refractivity contribution in [3.8, 4) is 0 Å². The summed E-state index contributed by atoms with van der Waals surface area (Å²) >= 11 is 5.59. The van der Waals surface area contributed by atoms with Gasteiger partial charge in [0.15, 0.2) is 12.6 Å². The Morgan fingerprint density at radius 1 is 1.07 bits per heavy atom. The molecule has 0 aliphatic heterocycles. The number of amides is 1. The molecule has 0 bridgehead atoms. The zero-order chi connectivity index (χ0) is 28.9. The van der Waals surface area contributed by atoms with Gasteiger partial charge in [-0.3, -0.25) is 14.4 Å². The number of rotatable bonds is 10. The van der Waals surface area contributed by atoms with E-state index in [2.05, 4.69) is 28.6 Å². The second-order valence-electron chi connectivity index (χ2n) is 8.79. The second-order valence-corrected chi connectivity index (χ2v) is 9.20. The van der Waals surface area contributed by atoms with Crippen molar-refractivity contribution in [2.45, 2.75) is 19.3 Å². The maximum Gasteiger partial charge on any atom is 0.241 e. The molecule has 0 radical (unpaired) electrons. The number of anilines is 2. The van der Waals surface area contributed by atoms with Gasteiger partial charge in [0.05, 0.1) is 22.6 Å². The van der Waals surface area contributed by atoms with Gasteiger partial charge in [-0.1, -0.05) is 48.0 Å². The fourth-order valence-electron chi connectivity index (χ4n) is 4.27. The number of benzene rings is 3. The first-order chi connectivity index (χ1) is 19.4. The Morgan fingerprint density at radius 3 is 2.42 bits per heavy atom. The van der Waals surface area contributed by atoms with Gasteiger partial charge in [0.2, 0.25) is 5.91 Å². The molecule has 8 nitrogen and oxygen atoms in total. The Bertz CT molecular complexity index is 1430. The molecule has 0 fully saturated rings. The van der Waals surface area contributed by atoms with Crippen molar-refractivity contribution in [3.63, 3.8) is 0 Å². The van der Waals surface area contributed by atoms with E-state index in [-0.39, 0.29) is 0 Å². The molecule has 4 rings (SSSR count).